The number of nitrogens with one attached hydrogen (secondary N) is 1. The Bertz CT molecular complexity index is 512. The number of nitrogens with two attached hydrogens (primary N) is 2. The number of halogens is 2. The van der Waals surface area contributed by atoms with E-state index in [2.05, 4.69) is 11.8 Å². The zero-order chi connectivity index (χ0) is 12.1. The predicted molar refractivity (Wildman–Crippen MR) is 63.8 cm³/mol. The molecule has 1 rings (SSSR count). The fourth-order valence-electron chi connectivity index (χ4n) is 0.944. The Morgan fingerprint density at radius 2 is 2.19 bits per heavy atom. The van der Waals surface area contributed by atoms with Crippen LogP contribution in [0.5, 0.6) is 0 Å². The monoisotopic (exact) mass is 237 g/mol. The van der Waals surface area contributed by atoms with Gasteiger partial charge in [-0.25, -0.2) is 4.39 Å². The molecular formula is C11H9ClFN3. The molecule has 0 bridgehead atoms. The van der Waals surface area contributed by atoms with Gasteiger partial charge in [0.05, 0.1) is 21.8 Å². The SMILES string of the molecule is N=C/C(C#Cc1c(Cl)ccc(N)c1F)=C\N. The maximum Gasteiger partial charge on any atom is 0.163 e. The molecule has 0 unspecified atom stereocenters. The minimum atomic E-state index is -0.665. The topological polar surface area (TPSA) is 75.9 Å². The fourth-order valence-corrected chi connectivity index (χ4v) is 1.14. The summed E-state index contributed by atoms with van der Waals surface area (Å²) in [5.74, 6) is 4.33. The second-order valence-electron chi connectivity index (χ2n) is 2.84. The molecule has 1 aromatic carbocycles. The number of allylic oxidation sites excluding steroid dienone is 1. The maximum absolute atomic E-state index is 13.5. The van der Waals surface area contributed by atoms with Crippen molar-refractivity contribution < 1.29 is 4.39 Å². The van der Waals surface area contributed by atoms with Crippen molar-refractivity contribution in [2.24, 2.45) is 5.73 Å². The third kappa shape index (κ3) is 2.53. The molecule has 0 saturated heterocycles. The molecular weight excluding hydrogens is 229 g/mol. The molecule has 0 heterocycles. The van der Waals surface area contributed by atoms with E-state index in [1.165, 1.54) is 12.1 Å². The lowest BCUT2D eigenvalue weighted by Crippen LogP contribution is -1.95. The fraction of sp³-hybridized carbons (Fsp3) is 0. The van der Waals surface area contributed by atoms with Crippen LogP contribution in [-0.2, 0) is 0 Å². The van der Waals surface area contributed by atoms with Crippen LogP contribution in [-0.4, -0.2) is 6.21 Å². The van der Waals surface area contributed by atoms with Gasteiger partial charge >= 0.3 is 0 Å². The number of nitrogen functional groups attached to an aromatic ring is 1. The number of rotatable bonds is 1. The summed E-state index contributed by atoms with van der Waals surface area (Å²) in [6, 6.07) is 2.82. The molecule has 5 heteroatoms. The van der Waals surface area contributed by atoms with Gasteiger partial charge in [-0.05, 0) is 12.1 Å². The van der Waals surface area contributed by atoms with E-state index in [4.69, 9.17) is 28.5 Å². The molecule has 0 atom stereocenters. The first kappa shape index (κ1) is 12.1. The second kappa shape index (κ2) is 5.19. The first-order valence-electron chi connectivity index (χ1n) is 4.28. The molecule has 0 aliphatic rings. The predicted octanol–water partition coefficient (Wildman–Crippen LogP) is 1.90. The Hall–Kier alpha value is -1.99. The van der Waals surface area contributed by atoms with Gasteiger partial charge in [-0.2, -0.15) is 0 Å². The van der Waals surface area contributed by atoms with Crippen molar-refractivity contribution in [3.05, 3.63) is 40.3 Å². The van der Waals surface area contributed by atoms with Crippen molar-refractivity contribution in [2.75, 3.05) is 5.73 Å². The lowest BCUT2D eigenvalue weighted by Gasteiger charge is -2.00. The van der Waals surface area contributed by atoms with Gasteiger partial charge in [-0.3, -0.25) is 0 Å². The highest BCUT2D eigenvalue weighted by Crippen LogP contribution is 2.22. The van der Waals surface area contributed by atoms with Gasteiger partial charge in [0, 0.05) is 12.4 Å². The van der Waals surface area contributed by atoms with E-state index in [0.29, 0.717) is 0 Å². The van der Waals surface area contributed by atoms with E-state index in [-0.39, 0.29) is 21.8 Å². The molecule has 0 aliphatic carbocycles. The van der Waals surface area contributed by atoms with E-state index in [1.807, 2.05) is 0 Å². The standard InChI is InChI=1S/C11H9ClFN3/c12-9-3-4-10(16)11(13)8(9)2-1-7(5-14)6-15/h3-6,14H,15-16H2/b7-6-,14-5?. The Morgan fingerprint density at radius 1 is 1.50 bits per heavy atom. The third-order valence-corrected chi connectivity index (χ3v) is 2.10. The van der Waals surface area contributed by atoms with Gasteiger partial charge in [0.25, 0.3) is 0 Å². The summed E-state index contributed by atoms with van der Waals surface area (Å²) in [7, 11) is 0. The summed E-state index contributed by atoms with van der Waals surface area (Å²) in [5.41, 5.74) is 10.8. The average Bonchev–Trinajstić information content (AvgIpc) is 2.29. The summed E-state index contributed by atoms with van der Waals surface area (Å²) in [6.07, 6.45) is 2.11. The molecule has 0 radical (unpaired) electrons. The van der Waals surface area contributed by atoms with Crippen molar-refractivity contribution in [3.63, 3.8) is 0 Å². The molecule has 3 nitrogen and oxygen atoms in total. The van der Waals surface area contributed by atoms with E-state index >= 15 is 0 Å². The van der Waals surface area contributed by atoms with Crippen LogP contribution in [0, 0.1) is 23.1 Å². The Balaban J connectivity index is 3.25. The summed E-state index contributed by atoms with van der Waals surface area (Å²) >= 11 is 5.77. The maximum atomic E-state index is 13.5. The molecule has 0 fully saturated rings. The minimum Gasteiger partial charge on any atom is -0.404 e. The van der Waals surface area contributed by atoms with Crippen molar-refractivity contribution in [2.45, 2.75) is 0 Å². The zero-order valence-electron chi connectivity index (χ0n) is 8.22. The van der Waals surface area contributed by atoms with Gasteiger partial charge in [0.1, 0.15) is 0 Å². The largest absolute Gasteiger partial charge is 0.404 e. The Morgan fingerprint density at radius 3 is 2.75 bits per heavy atom. The van der Waals surface area contributed by atoms with Crippen LogP contribution in [0.4, 0.5) is 10.1 Å². The molecule has 5 N–H and O–H groups in total. The van der Waals surface area contributed by atoms with Crippen LogP contribution < -0.4 is 11.5 Å². The minimum absolute atomic E-state index is 0.00265. The van der Waals surface area contributed by atoms with Gasteiger partial charge in [-0.1, -0.05) is 23.4 Å². The molecule has 82 valence electrons. The summed E-state index contributed by atoms with van der Waals surface area (Å²) < 4.78 is 13.5. The number of hydrogen-bond acceptors (Lipinski definition) is 3. The van der Waals surface area contributed by atoms with Gasteiger partial charge in [-0.15, -0.1) is 0 Å². The molecule has 0 aliphatic heterocycles. The number of anilines is 1. The van der Waals surface area contributed by atoms with Crippen LogP contribution in [0.2, 0.25) is 5.02 Å². The lowest BCUT2D eigenvalue weighted by molar-refractivity contribution is 0.629. The second-order valence-corrected chi connectivity index (χ2v) is 3.25. The van der Waals surface area contributed by atoms with Crippen LogP contribution in [0.15, 0.2) is 23.9 Å². The van der Waals surface area contributed by atoms with Gasteiger partial charge in [0.2, 0.25) is 0 Å². The smallest absolute Gasteiger partial charge is 0.163 e. The quantitative estimate of drug-likeness (QED) is 0.396. The molecule has 1 aromatic rings. The van der Waals surface area contributed by atoms with Crippen LogP contribution in [0.3, 0.4) is 0 Å². The molecule has 16 heavy (non-hydrogen) atoms. The van der Waals surface area contributed by atoms with E-state index in [0.717, 1.165) is 12.4 Å². The number of benzene rings is 1. The van der Waals surface area contributed by atoms with Crippen LogP contribution in [0.1, 0.15) is 5.56 Å². The highest BCUT2D eigenvalue weighted by molar-refractivity contribution is 6.31. The third-order valence-electron chi connectivity index (χ3n) is 1.79. The summed E-state index contributed by atoms with van der Waals surface area (Å²) in [6.45, 7) is 0. The molecule has 0 aromatic heterocycles. The molecule has 0 amide bonds. The van der Waals surface area contributed by atoms with Crippen LogP contribution >= 0.6 is 11.6 Å². The van der Waals surface area contributed by atoms with E-state index in [9.17, 15) is 4.39 Å². The number of hydrogen-bond donors (Lipinski definition) is 3. The summed E-state index contributed by atoms with van der Waals surface area (Å²) in [4.78, 5) is 0. The Labute approximate surface area is 97.4 Å². The van der Waals surface area contributed by atoms with Gasteiger partial charge in [0.15, 0.2) is 5.82 Å². The first-order valence-corrected chi connectivity index (χ1v) is 4.65. The van der Waals surface area contributed by atoms with Crippen LogP contribution in [0.25, 0.3) is 0 Å². The van der Waals surface area contributed by atoms with Crippen molar-refractivity contribution in [1.29, 1.82) is 5.41 Å². The Kier molecular flexibility index (Phi) is 3.92. The zero-order valence-corrected chi connectivity index (χ0v) is 8.98. The van der Waals surface area contributed by atoms with Crippen molar-refractivity contribution in [1.82, 2.24) is 0 Å². The molecule has 0 spiro atoms. The normalized spacial score (nSPS) is 10.5. The first-order chi connectivity index (χ1) is 7.60. The highest BCUT2D eigenvalue weighted by Gasteiger charge is 2.07. The molecule has 0 saturated carbocycles. The lowest BCUT2D eigenvalue weighted by atomic mass is 10.1. The summed E-state index contributed by atoms with van der Waals surface area (Å²) in [5, 5.41) is 7.12. The van der Waals surface area contributed by atoms with Gasteiger partial charge < -0.3 is 16.9 Å². The average molecular weight is 238 g/mol. The highest BCUT2D eigenvalue weighted by atomic mass is 35.5. The van der Waals surface area contributed by atoms with Crippen molar-refractivity contribution >= 4 is 23.5 Å². The van der Waals surface area contributed by atoms with E-state index < -0.39 is 5.82 Å². The van der Waals surface area contributed by atoms with E-state index in [1.54, 1.807) is 0 Å². The van der Waals surface area contributed by atoms with Crippen molar-refractivity contribution in [3.8, 4) is 11.8 Å².